The van der Waals surface area contributed by atoms with E-state index in [9.17, 15) is 9.90 Å². The van der Waals surface area contributed by atoms with Crippen LogP contribution < -0.4 is 0 Å². The van der Waals surface area contributed by atoms with E-state index in [0.29, 0.717) is 19.5 Å². The molecule has 0 saturated carbocycles. The maximum atomic E-state index is 11.8. The number of halogens is 1. The number of rotatable bonds is 4. The third-order valence-corrected chi connectivity index (χ3v) is 4.64. The summed E-state index contributed by atoms with van der Waals surface area (Å²) in [5.41, 5.74) is 0. The van der Waals surface area contributed by atoms with Gasteiger partial charge in [-0.15, -0.1) is 11.3 Å². The molecule has 94 valence electrons. The standard InChI is InChI=1S/C12H16BrNO2S/c13-11-5-4-10(17-11)2-1-3-12(16)14-7-6-9(15)8-14/h4-5,9,15H,1-3,6-8H2/t9-/m1/s1. The van der Waals surface area contributed by atoms with Gasteiger partial charge in [0.1, 0.15) is 0 Å². The van der Waals surface area contributed by atoms with Gasteiger partial charge in [0, 0.05) is 24.4 Å². The predicted octanol–water partition coefficient (Wildman–Crippen LogP) is 2.43. The number of amides is 1. The molecule has 1 amide bonds. The van der Waals surface area contributed by atoms with Gasteiger partial charge in [0.2, 0.25) is 5.91 Å². The average molecular weight is 318 g/mol. The molecule has 0 unspecified atom stereocenters. The monoisotopic (exact) mass is 317 g/mol. The number of carbonyl (C=O) groups excluding carboxylic acids is 1. The lowest BCUT2D eigenvalue weighted by molar-refractivity contribution is -0.130. The van der Waals surface area contributed by atoms with Crippen molar-refractivity contribution in [3.05, 3.63) is 20.8 Å². The van der Waals surface area contributed by atoms with E-state index in [4.69, 9.17) is 0 Å². The van der Waals surface area contributed by atoms with Crippen molar-refractivity contribution in [2.24, 2.45) is 0 Å². The van der Waals surface area contributed by atoms with E-state index in [1.807, 2.05) is 6.07 Å². The molecule has 1 aromatic rings. The van der Waals surface area contributed by atoms with Crippen LogP contribution in [-0.4, -0.2) is 35.1 Å². The van der Waals surface area contributed by atoms with Crippen molar-refractivity contribution in [3.8, 4) is 0 Å². The molecule has 1 saturated heterocycles. The van der Waals surface area contributed by atoms with E-state index >= 15 is 0 Å². The molecule has 17 heavy (non-hydrogen) atoms. The Morgan fingerprint density at radius 3 is 3.00 bits per heavy atom. The van der Waals surface area contributed by atoms with Gasteiger partial charge in [0.25, 0.3) is 0 Å². The molecule has 2 rings (SSSR count). The van der Waals surface area contributed by atoms with E-state index < -0.39 is 0 Å². The first-order valence-electron chi connectivity index (χ1n) is 5.85. The van der Waals surface area contributed by atoms with Crippen LogP contribution in [0, 0.1) is 0 Å². The van der Waals surface area contributed by atoms with Crippen LogP contribution in [0.1, 0.15) is 24.1 Å². The first-order valence-corrected chi connectivity index (χ1v) is 7.46. The third-order valence-electron chi connectivity index (χ3n) is 2.96. The maximum Gasteiger partial charge on any atom is 0.222 e. The second-order valence-electron chi connectivity index (χ2n) is 4.34. The molecule has 0 spiro atoms. The van der Waals surface area contributed by atoms with Crippen LogP contribution in [0.15, 0.2) is 15.9 Å². The zero-order valence-corrected chi connectivity index (χ0v) is 12.0. The van der Waals surface area contributed by atoms with Crippen molar-refractivity contribution in [3.63, 3.8) is 0 Å². The maximum absolute atomic E-state index is 11.8. The number of hydrogen-bond donors (Lipinski definition) is 1. The molecular weight excluding hydrogens is 302 g/mol. The molecule has 1 fully saturated rings. The predicted molar refractivity (Wildman–Crippen MR) is 72.2 cm³/mol. The zero-order chi connectivity index (χ0) is 12.3. The van der Waals surface area contributed by atoms with Crippen molar-refractivity contribution in [1.82, 2.24) is 4.90 Å². The van der Waals surface area contributed by atoms with Crippen molar-refractivity contribution in [2.45, 2.75) is 31.8 Å². The SMILES string of the molecule is O=C(CCCc1ccc(Br)s1)N1CC[C@@H](O)C1. The summed E-state index contributed by atoms with van der Waals surface area (Å²) in [5, 5.41) is 9.36. The zero-order valence-electron chi connectivity index (χ0n) is 9.56. The Balaban J connectivity index is 1.70. The van der Waals surface area contributed by atoms with Crippen molar-refractivity contribution in [1.29, 1.82) is 0 Å². The second kappa shape index (κ2) is 5.98. The minimum Gasteiger partial charge on any atom is -0.391 e. The van der Waals surface area contributed by atoms with Crippen molar-refractivity contribution in [2.75, 3.05) is 13.1 Å². The first-order chi connectivity index (χ1) is 8.15. The number of likely N-dealkylation sites (tertiary alicyclic amines) is 1. The third kappa shape index (κ3) is 3.79. The second-order valence-corrected chi connectivity index (χ2v) is 6.89. The summed E-state index contributed by atoms with van der Waals surface area (Å²) in [7, 11) is 0. The normalized spacial score (nSPS) is 19.9. The van der Waals surface area contributed by atoms with Gasteiger partial charge in [-0.05, 0) is 47.3 Å². The fourth-order valence-electron chi connectivity index (χ4n) is 2.03. The smallest absolute Gasteiger partial charge is 0.222 e. The summed E-state index contributed by atoms with van der Waals surface area (Å²) in [5.74, 6) is 0.178. The first kappa shape index (κ1) is 13.1. The van der Waals surface area contributed by atoms with Crippen LogP contribution >= 0.6 is 27.3 Å². The topological polar surface area (TPSA) is 40.5 Å². The lowest BCUT2D eigenvalue weighted by Crippen LogP contribution is -2.29. The summed E-state index contributed by atoms with van der Waals surface area (Å²) < 4.78 is 1.14. The van der Waals surface area contributed by atoms with Gasteiger partial charge in [0.05, 0.1) is 9.89 Å². The Bertz CT molecular complexity index is 394. The van der Waals surface area contributed by atoms with E-state index in [0.717, 1.165) is 23.0 Å². The Morgan fingerprint density at radius 1 is 1.59 bits per heavy atom. The quantitative estimate of drug-likeness (QED) is 0.926. The molecule has 1 aromatic heterocycles. The highest BCUT2D eigenvalue weighted by Crippen LogP contribution is 2.23. The van der Waals surface area contributed by atoms with Gasteiger partial charge >= 0.3 is 0 Å². The van der Waals surface area contributed by atoms with Gasteiger partial charge in [0.15, 0.2) is 0 Å². The Labute approximate surface area is 114 Å². The van der Waals surface area contributed by atoms with E-state index in [-0.39, 0.29) is 12.0 Å². The Morgan fingerprint density at radius 2 is 2.41 bits per heavy atom. The number of carbonyl (C=O) groups is 1. The van der Waals surface area contributed by atoms with Crippen LogP contribution in [0.25, 0.3) is 0 Å². The van der Waals surface area contributed by atoms with Gasteiger partial charge < -0.3 is 10.0 Å². The molecule has 5 heteroatoms. The lowest BCUT2D eigenvalue weighted by Gasteiger charge is -2.14. The van der Waals surface area contributed by atoms with Crippen LogP contribution in [0.5, 0.6) is 0 Å². The molecule has 3 nitrogen and oxygen atoms in total. The number of aryl methyl sites for hydroxylation is 1. The summed E-state index contributed by atoms with van der Waals surface area (Å²) >= 11 is 5.15. The van der Waals surface area contributed by atoms with E-state index in [2.05, 4.69) is 22.0 Å². The molecule has 2 heterocycles. The van der Waals surface area contributed by atoms with Crippen LogP contribution in [0.4, 0.5) is 0 Å². The van der Waals surface area contributed by atoms with Crippen molar-refractivity contribution < 1.29 is 9.90 Å². The van der Waals surface area contributed by atoms with Gasteiger partial charge in [-0.1, -0.05) is 0 Å². The van der Waals surface area contributed by atoms with Crippen LogP contribution in [0.3, 0.4) is 0 Å². The van der Waals surface area contributed by atoms with Crippen LogP contribution in [0.2, 0.25) is 0 Å². The number of aliphatic hydroxyl groups excluding tert-OH is 1. The molecule has 0 radical (unpaired) electrons. The summed E-state index contributed by atoms with van der Waals surface area (Å²) in [6.45, 7) is 1.23. The lowest BCUT2D eigenvalue weighted by atomic mass is 10.2. The Hall–Kier alpha value is -0.390. The molecule has 1 aliphatic rings. The molecule has 1 N–H and O–H groups in total. The molecule has 0 aliphatic carbocycles. The minimum atomic E-state index is -0.313. The summed E-state index contributed by atoms with van der Waals surface area (Å²) in [4.78, 5) is 14.9. The minimum absolute atomic E-state index is 0.178. The Kier molecular flexibility index (Phi) is 4.59. The number of hydrogen-bond acceptors (Lipinski definition) is 3. The summed E-state index contributed by atoms with van der Waals surface area (Å²) in [6.07, 6.45) is 2.84. The van der Waals surface area contributed by atoms with Crippen molar-refractivity contribution >= 4 is 33.2 Å². The highest BCUT2D eigenvalue weighted by Gasteiger charge is 2.23. The highest BCUT2D eigenvalue weighted by molar-refractivity contribution is 9.11. The fraction of sp³-hybridized carbons (Fsp3) is 0.583. The molecule has 1 atom stereocenters. The van der Waals surface area contributed by atoms with E-state index in [1.165, 1.54) is 4.88 Å². The molecule has 0 aromatic carbocycles. The van der Waals surface area contributed by atoms with E-state index in [1.54, 1.807) is 16.2 Å². The molecular formula is C12H16BrNO2S. The number of thiophene rings is 1. The highest BCUT2D eigenvalue weighted by atomic mass is 79.9. The van der Waals surface area contributed by atoms with Gasteiger partial charge in [-0.25, -0.2) is 0 Å². The number of aliphatic hydroxyl groups is 1. The van der Waals surface area contributed by atoms with Gasteiger partial charge in [-0.2, -0.15) is 0 Å². The molecule has 0 bridgehead atoms. The number of nitrogens with zero attached hydrogens (tertiary/aromatic N) is 1. The van der Waals surface area contributed by atoms with Gasteiger partial charge in [-0.3, -0.25) is 4.79 Å². The largest absolute Gasteiger partial charge is 0.391 e. The summed E-state index contributed by atoms with van der Waals surface area (Å²) in [6, 6.07) is 4.14. The molecule has 1 aliphatic heterocycles. The van der Waals surface area contributed by atoms with Crippen LogP contribution in [-0.2, 0) is 11.2 Å². The fourth-order valence-corrected chi connectivity index (χ4v) is 3.55. The number of β-amino-alcohol motifs (C(OH)–C–C–N with tert-alkyl or cyclic N) is 1. The average Bonchev–Trinajstić information content (AvgIpc) is 2.88.